The van der Waals surface area contributed by atoms with Crippen LogP contribution in [-0.2, 0) is 16.0 Å². The zero-order valence-electron chi connectivity index (χ0n) is 10.7. The maximum Gasteiger partial charge on any atom is 0.345 e. The lowest BCUT2D eigenvalue weighted by Gasteiger charge is -1.98. The monoisotopic (exact) mass is 327 g/mol. The van der Waals surface area contributed by atoms with Gasteiger partial charge in [0.05, 0.1) is 17.0 Å². The summed E-state index contributed by atoms with van der Waals surface area (Å²) >= 11 is 1.99. The Balaban J connectivity index is 1.93. The van der Waals surface area contributed by atoms with E-state index in [1.54, 1.807) is 5.38 Å². The first kappa shape index (κ1) is 15.0. The highest BCUT2D eigenvalue weighted by Gasteiger charge is 2.14. The largest absolute Gasteiger partial charge is 0.345 e. The van der Waals surface area contributed by atoms with Gasteiger partial charge in [-0.05, 0) is 11.3 Å². The maximum absolute atomic E-state index is 11.8. The lowest BCUT2D eigenvalue weighted by Crippen LogP contribution is -2.14. The normalized spacial score (nSPS) is 10.1. The molecule has 2 heterocycles. The van der Waals surface area contributed by atoms with E-state index in [-0.39, 0.29) is 28.4 Å². The van der Waals surface area contributed by atoms with Crippen molar-refractivity contribution in [2.45, 2.75) is 13.3 Å². The van der Waals surface area contributed by atoms with E-state index in [1.165, 1.54) is 18.3 Å². The van der Waals surface area contributed by atoms with Gasteiger partial charge in [-0.15, -0.1) is 11.3 Å². The van der Waals surface area contributed by atoms with E-state index in [0.717, 1.165) is 17.5 Å². The summed E-state index contributed by atoms with van der Waals surface area (Å²) in [5, 5.41) is 17.5. The molecule has 2 rings (SSSR count). The summed E-state index contributed by atoms with van der Waals surface area (Å²) in [6.45, 7) is 1.36. The van der Waals surface area contributed by atoms with Gasteiger partial charge in [0.15, 0.2) is 10.3 Å². The number of nitro groups is 1. The van der Waals surface area contributed by atoms with Gasteiger partial charge in [-0.25, -0.2) is 9.97 Å². The number of hydrogen-bond donors (Lipinski definition) is 2. The highest BCUT2D eigenvalue weighted by Crippen LogP contribution is 2.25. The molecule has 0 atom stereocenters. The summed E-state index contributed by atoms with van der Waals surface area (Å²) in [6, 6.07) is 0. The molecular weight excluding hydrogens is 318 g/mol. The zero-order chi connectivity index (χ0) is 15.4. The van der Waals surface area contributed by atoms with Gasteiger partial charge in [-0.1, -0.05) is 0 Å². The molecule has 110 valence electrons. The average Bonchev–Trinajstić information content (AvgIpc) is 2.98. The molecule has 2 aromatic heterocycles. The van der Waals surface area contributed by atoms with Gasteiger partial charge in [0.1, 0.15) is 6.20 Å². The summed E-state index contributed by atoms with van der Waals surface area (Å²) < 4.78 is 0. The second kappa shape index (κ2) is 6.37. The number of carbonyl (C=O) groups excluding carboxylic acids is 2. The van der Waals surface area contributed by atoms with Crippen LogP contribution in [0.2, 0.25) is 0 Å². The van der Waals surface area contributed by atoms with Crippen molar-refractivity contribution >= 4 is 49.8 Å². The van der Waals surface area contributed by atoms with Gasteiger partial charge in [-0.3, -0.25) is 19.7 Å². The fourth-order valence-corrected chi connectivity index (χ4v) is 2.74. The lowest BCUT2D eigenvalue weighted by atomic mass is 10.3. The van der Waals surface area contributed by atoms with Gasteiger partial charge < -0.3 is 10.6 Å². The molecule has 0 saturated heterocycles. The van der Waals surface area contributed by atoms with Crippen LogP contribution < -0.4 is 10.6 Å². The molecule has 0 aromatic carbocycles. The Morgan fingerprint density at radius 2 is 2.14 bits per heavy atom. The third-order valence-corrected chi connectivity index (χ3v) is 3.77. The molecule has 0 aliphatic heterocycles. The smallest absolute Gasteiger partial charge is 0.302 e. The van der Waals surface area contributed by atoms with Gasteiger partial charge in [0.2, 0.25) is 11.8 Å². The van der Waals surface area contributed by atoms with Crippen molar-refractivity contribution in [2.24, 2.45) is 0 Å². The number of hydrogen-bond acceptors (Lipinski definition) is 8. The molecule has 0 radical (unpaired) electrons. The summed E-state index contributed by atoms with van der Waals surface area (Å²) in [4.78, 5) is 40.3. The Labute approximate surface area is 126 Å². The minimum absolute atomic E-state index is 0.0105. The Kier molecular flexibility index (Phi) is 4.55. The Morgan fingerprint density at radius 3 is 2.76 bits per heavy atom. The third-order valence-electron chi connectivity index (χ3n) is 2.10. The average molecular weight is 327 g/mol. The van der Waals surface area contributed by atoms with Gasteiger partial charge >= 0.3 is 5.00 Å². The number of rotatable bonds is 5. The standard InChI is InChI=1S/C10H9N5O4S2/c1-5(16)12-10-13-6(4-20-10)2-7(17)14-9-11-3-8(21-9)15(18)19/h3-4H,2H2,1H3,(H,11,14,17)(H,12,13,16). The fraction of sp³-hybridized carbons (Fsp3) is 0.200. The summed E-state index contributed by atoms with van der Waals surface area (Å²) in [7, 11) is 0. The Bertz CT molecular complexity index is 695. The molecule has 9 nitrogen and oxygen atoms in total. The van der Waals surface area contributed by atoms with E-state index in [4.69, 9.17) is 0 Å². The first-order valence-electron chi connectivity index (χ1n) is 5.56. The van der Waals surface area contributed by atoms with Gasteiger partial charge in [-0.2, -0.15) is 0 Å². The number of anilines is 2. The molecule has 0 aliphatic carbocycles. The van der Waals surface area contributed by atoms with Crippen LogP contribution in [0.1, 0.15) is 12.6 Å². The van der Waals surface area contributed by atoms with Crippen LogP contribution >= 0.6 is 22.7 Å². The van der Waals surface area contributed by atoms with Crippen molar-refractivity contribution in [3.63, 3.8) is 0 Å². The number of thiazole rings is 2. The number of aromatic nitrogens is 2. The van der Waals surface area contributed by atoms with Crippen LogP contribution in [0.3, 0.4) is 0 Å². The number of nitrogens with one attached hydrogen (secondary N) is 2. The van der Waals surface area contributed by atoms with Crippen molar-refractivity contribution in [1.82, 2.24) is 9.97 Å². The number of carbonyl (C=O) groups is 2. The molecule has 0 saturated carbocycles. The second-order valence-corrected chi connectivity index (χ2v) is 5.68. The van der Waals surface area contributed by atoms with E-state index in [1.807, 2.05) is 0 Å². The predicted molar refractivity (Wildman–Crippen MR) is 77.5 cm³/mol. The van der Waals surface area contributed by atoms with Crippen LogP contribution in [-0.4, -0.2) is 26.7 Å². The molecule has 2 aromatic rings. The van der Waals surface area contributed by atoms with E-state index >= 15 is 0 Å². The molecule has 0 spiro atoms. The van der Waals surface area contributed by atoms with Crippen LogP contribution in [0, 0.1) is 10.1 Å². The second-order valence-electron chi connectivity index (χ2n) is 3.81. The van der Waals surface area contributed by atoms with Crippen molar-refractivity contribution in [3.8, 4) is 0 Å². The third kappa shape index (κ3) is 4.29. The minimum Gasteiger partial charge on any atom is -0.302 e. The lowest BCUT2D eigenvalue weighted by molar-refractivity contribution is -0.380. The molecule has 11 heteroatoms. The molecule has 0 bridgehead atoms. The molecule has 2 N–H and O–H groups in total. The van der Waals surface area contributed by atoms with Gasteiger partial charge in [0.25, 0.3) is 0 Å². The molecule has 0 unspecified atom stereocenters. The number of amides is 2. The van der Waals surface area contributed by atoms with Crippen LogP contribution in [0.25, 0.3) is 0 Å². The van der Waals surface area contributed by atoms with E-state index < -0.39 is 4.92 Å². The topological polar surface area (TPSA) is 127 Å². The van der Waals surface area contributed by atoms with Crippen LogP contribution in [0.4, 0.5) is 15.3 Å². The van der Waals surface area contributed by atoms with Gasteiger partial charge in [0, 0.05) is 12.3 Å². The van der Waals surface area contributed by atoms with E-state index in [0.29, 0.717) is 10.8 Å². The van der Waals surface area contributed by atoms with Crippen LogP contribution in [0.15, 0.2) is 11.6 Å². The first-order chi connectivity index (χ1) is 9.94. The highest BCUT2D eigenvalue weighted by molar-refractivity contribution is 7.18. The SMILES string of the molecule is CC(=O)Nc1nc(CC(=O)Nc2ncc([N+](=O)[O-])s2)cs1. The molecule has 0 fully saturated rings. The fourth-order valence-electron chi connectivity index (χ4n) is 1.33. The van der Waals surface area contributed by atoms with E-state index in [2.05, 4.69) is 20.6 Å². The van der Waals surface area contributed by atoms with Crippen molar-refractivity contribution in [3.05, 3.63) is 27.4 Å². The quantitative estimate of drug-likeness (QED) is 0.635. The minimum atomic E-state index is -0.576. The summed E-state index contributed by atoms with van der Waals surface area (Å²) in [5.74, 6) is -0.630. The van der Waals surface area contributed by atoms with Crippen molar-refractivity contribution in [2.75, 3.05) is 10.6 Å². The Hall–Kier alpha value is -2.40. The first-order valence-corrected chi connectivity index (χ1v) is 7.25. The molecule has 0 aliphatic rings. The van der Waals surface area contributed by atoms with E-state index in [9.17, 15) is 19.7 Å². The summed E-state index contributed by atoms with van der Waals surface area (Å²) in [5.41, 5.74) is 0.493. The highest BCUT2D eigenvalue weighted by atomic mass is 32.1. The Morgan fingerprint density at radius 1 is 1.38 bits per heavy atom. The predicted octanol–water partition coefficient (Wildman–Crippen LogP) is 1.65. The van der Waals surface area contributed by atoms with Crippen LogP contribution in [0.5, 0.6) is 0 Å². The molecule has 21 heavy (non-hydrogen) atoms. The van der Waals surface area contributed by atoms with Crippen molar-refractivity contribution < 1.29 is 14.5 Å². The van der Waals surface area contributed by atoms with Crippen molar-refractivity contribution in [1.29, 1.82) is 0 Å². The molecular formula is C10H9N5O4S2. The maximum atomic E-state index is 11.8. The number of nitrogens with zero attached hydrogens (tertiary/aromatic N) is 3. The molecule has 2 amide bonds. The summed E-state index contributed by atoms with van der Waals surface area (Å²) in [6.07, 6.45) is 1.07. The zero-order valence-corrected chi connectivity index (χ0v) is 12.3.